The molecule has 1 aromatic rings. The summed E-state index contributed by atoms with van der Waals surface area (Å²) in [6.45, 7) is 0. The Hall–Kier alpha value is -2.93. The number of nitrogens with one attached hydrogen (secondary N) is 1. The second-order valence-corrected chi connectivity index (χ2v) is 3.78. The number of anilines is 1. The smallest absolute Gasteiger partial charge is 0.271 e. The molecule has 0 aliphatic carbocycles. The van der Waals surface area contributed by atoms with Gasteiger partial charge in [-0.15, -0.1) is 0 Å². The summed E-state index contributed by atoms with van der Waals surface area (Å²) in [5, 5.41) is 23.2. The molecule has 1 rings (SSSR count). The molecule has 0 unspecified atom stereocenters. The third-order valence-electron chi connectivity index (χ3n) is 2.21. The molecule has 0 spiro atoms. The fourth-order valence-electron chi connectivity index (χ4n) is 1.28. The molecule has 0 bridgehead atoms. The Morgan fingerprint density at radius 1 is 1.00 bits per heavy atom. The van der Waals surface area contributed by atoms with Crippen molar-refractivity contribution in [3.8, 4) is 0 Å². The van der Waals surface area contributed by atoms with Crippen LogP contribution < -0.4 is 5.43 Å². The molecule has 0 heterocycles. The maximum absolute atomic E-state index is 12.2. The first kappa shape index (κ1) is 18.1. The molecule has 0 aliphatic rings. The highest BCUT2D eigenvalue weighted by Gasteiger charge is 2.53. The standard InChI is InChI=1S/C9H4F6N4O4/c10-8(11,12)7(9(13,14)15)17-16-5-2-1-4(18(20)21)3-6(5)19(22)23/h1-3,16H. The van der Waals surface area contributed by atoms with Gasteiger partial charge in [0.1, 0.15) is 5.69 Å². The van der Waals surface area contributed by atoms with Crippen molar-refractivity contribution in [3.05, 3.63) is 38.4 Å². The van der Waals surface area contributed by atoms with Gasteiger partial charge in [0.2, 0.25) is 5.71 Å². The number of halogens is 6. The maximum atomic E-state index is 12.2. The summed E-state index contributed by atoms with van der Waals surface area (Å²) in [6.07, 6.45) is -11.7. The van der Waals surface area contributed by atoms with Gasteiger partial charge >= 0.3 is 18.0 Å². The lowest BCUT2D eigenvalue weighted by atomic mass is 10.2. The van der Waals surface area contributed by atoms with Crippen molar-refractivity contribution in [2.75, 3.05) is 5.43 Å². The summed E-state index contributed by atoms with van der Waals surface area (Å²) in [6, 6.07) is 1.56. The average Bonchev–Trinajstić information content (AvgIpc) is 2.35. The fraction of sp³-hybridized carbons (Fsp3) is 0.222. The highest BCUT2D eigenvalue weighted by atomic mass is 19.4. The van der Waals surface area contributed by atoms with Crippen LogP contribution in [0.5, 0.6) is 0 Å². The van der Waals surface area contributed by atoms with Gasteiger partial charge in [-0.2, -0.15) is 31.4 Å². The van der Waals surface area contributed by atoms with E-state index >= 15 is 0 Å². The molecule has 0 aliphatic heterocycles. The third kappa shape index (κ3) is 4.52. The first-order valence-corrected chi connectivity index (χ1v) is 5.25. The van der Waals surface area contributed by atoms with Crippen LogP contribution in [0.1, 0.15) is 0 Å². The molecule has 0 saturated heterocycles. The van der Waals surface area contributed by atoms with Crippen LogP contribution in [0.2, 0.25) is 0 Å². The molecule has 14 heteroatoms. The molecule has 0 atom stereocenters. The minimum absolute atomic E-state index is 0.360. The van der Waals surface area contributed by atoms with Crippen LogP contribution in [-0.2, 0) is 0 Å². The van der Waals surface area contributed by atoms with Crippen molar-refractivity contribution >= 4 is 22.8 Å². The summed E-state index contributed by atoms with van der Waals surface area (Å²) in [7, 11) is 0. The van der Waals surface area contributed by atoms with E-state index in [2.05, 4.69) is 5.10 Å². The SMILES string of the molecule is O=[N+]([O-])c1ccc(NN=C(C(F)(F)F)C(F)(F)F)c([N+](=O)[O-])c1. The number of rotatable bonds is 4. The highest BCUT2D eigenvalue weighted by molar-refractivity contribution is 5.95. The molecule has 1 N–H and O–H groups in total. The molecular weight excluding hydrogens is 342 g/mol. The van der Waals surface area contributed by atoms with Crippen LogP contribution in [0.25, 0.3) is 0 Å². The van der Waals surface area contributed by atoms with E-state index in [4.69, 9.17) is 0 Å². The predicted molar refractivity (Wildman–Crippen MR) is 62.9 cm³/mol. The lowest BCUT2D eigenvalue weighted by molar-refractivity contribution is -0.393. The number of benzene rings is 1. The quantitative estimate of drug-likeness (QED) is 0.389. The van der Waals surface area contributed by atoms with Crippen molar-refractivity contribution in [1.29, 1.82) is 0 Å². The van der Waals surface area contributed by atoms with E-state index in [1.807, 2.05) is 0 Å². The van der Waals surface area contributed by atoms with Crippen LogP contribution in [0, 0.1) is 20.2 Å². The third-order valence-corrected chi connectivity index (χ3v) is 2.21. The summed E-state index contributed by atoms with van der Waals surface area (Å²) in [5.74, 6) is 0. The summed E-state index contributed by atoms with van der Waals surface area (Å²) >= 11 is 0. The van der Waals surface area contributed by atoms with Crippen molar-refractivity contribution in [2.24, 2.45) is 5.10 Å². The Morgan fingerprint density at radius 3 is 1.91 bits per heavy atom. The summed E-state index contributed by atoms with van der Waals surface area (Å²) in [5.41, 5.74) is -4.69. The van der Waals surface area contributed by atoms with Gasteiger partial charge in [-0.25, -0.2) is 0 Å². The Morgan fingerprint density at radius 2 is 1.52 bits per heavy atom. The second-order valence-electron chi connectivity index (χ2n) is 3.78. The van der Waals surface area contributed by atoms with Gasteiger partial charge in [0.15, 0.2) is 0 Å². The first-order valence-electron chi connectivity index (χ1n) is 5.25. The average molecular weight is 346 g/mol. The van der Waals surface area contributed by atoms with Gasteiger partial charge in [-0.3, -0.25) is 25.7 Å². The lowest BCUT2D eigenvalue weighted by Crippen LogP contribution is -2.37. The lowest BCUT2D eigenvalue weighted by Gasteiger charge is -2.13. The molecule has 8 nitrogen and oxygen atoms in total. The van der Waals surface area contributed by atoms with Gasteiger partial charge in [0.05, 0.1) is 15.9 Å². The van der Waals surface area contributed by atoms with Crippen LogP contribution in [0.4, 0.5) is 43.4 Å². The number of alkyl halides is 6. The maximum Gasteiger partial charge on any atom is 0.440 e. The van der Waals surface area contributed by atoms with Gasteiger partial charge in [-0.1, -0.05) is 0 Å². The minimum atomic E-state index is -5.86. The number of nitrogens with zero attached hydrogens (tertiary/aromatic N) is 3. The van der Waals surface area contributed by atoms with E-state index in [-0.39, 0.29) is 0 Å². The molecule has 0 aromatic heterocycles. The van der Waals surface area contributed by atoms with Crippen LogP contribution in [0.3, 0.4) is 0 Å². The van der Waals surface area contributed by atoms with Crippen LogP contribution >= 0.6 is 0 Å². The van der Waals surface area contributed by atoms with Crippen molar-refractivity contribution in [3.63, 3.8) is 0 Å². The Kier molecular flexibility index (Phi) is 4.77. The Balaban J connectivity index is 3.30. The summed E-state index contributed by atoms with van der Waals surface area (Å²) in [4.78, 5) is 18.9. The number of nitro groups is 2. The van der Waals surface area contributed by atoms with Crippen LogP contribution in [-0.4, -0.2) is 27.9 Å². The van der Waals surface area contributed by atoms with Crippen molar-refractivity contribution in [2.45, 2.75) is 12.4 Å². The first-order chi connectivity index (χ1) is 10.3. The second kappa shape index (κ2) is 6.05. The van der Waals surface area contributed by atoms with Gasteiger partial charge in [-0.05, 0) is 6.07 Å². The number of hydrogen-bond donors (Lipinski definition) is 1. The highest BCUT2D eigenvalue weighted by Crippen LogP contribution is 2.32. The topological polar surface area (TPSA) is 111 Å². The molecule has 1 aromatic carbocycles. The normalized spacial score (nSPS) is 11.7. The zero-order valence-electron chi connectivity index (χ0n) is 10.5. The molecule has 126 valence electrons. The van der Waals surface area contributed by atoms with E-state index < -0.39 is 45.0 Å². The van der Waals surface area contributed by atoms with E-state index in [1.165, 1.54) is 5.43 Å². The van der Waals surface area contributed by atoms with E-state index in [0.717, 1.165) is 0 Å². The van der Waals surface area contributed by atoms with Crippen molar-refractivity contribution < 1.29 is 36.2 Å². The molecule has 23 heavy (non-hydrogen) atoms. The largest absolute Gasteiger partial charge is 0.440 e. The molecule has 0 radical (unpaired) electrons. The van der Waals surface area contributed by atoms with Gasteiger partial charge in [0.25, 0.3) is 5.69 Å². The van der Waals surface area contributed by atoms with E-state index in [1.54, 1.807) is 0 Å². The zero-order valence-corrected chi connectivity index (χ0v) is 10.5. The molecule has 0 saturated carbocycles. The zero-order chi connectivity index (χ0) is 18.0. The predicted octanol–water partition coefficient (Wildman–Crippen LogP) is 3.40. The Labute approximate surface area is 121 Å². The number of non-ortho nitro benzene ring substituents is 1. The van der Waals surface area contributed by atoms with Crippen LogP contribution in [0.15, 0.2) is 23.3 Å². The fourth-order valence-corrected chi connectivity index (χ4v) is 1.28. The van der Waals surface area contributed by atoms with Gasteiger partial charge < -0.3 is 0 Å². The molecule has 0 fully saturated rings. The van der Waals surface area contributed by atoms with E-state index in [0.29, 0.717) is 18.2 Å². The van der Waals surface area contributed by atoms with E-state index in [9.17, 15) is 46.6 Å². The van der Waals surface area contributed by atoms with Gasteiger partial charge in [0, 0.05) is 6.07 Å². The monoisotopic (exact) mass is 346 g/mol. The van der Waals surface area contributed by atoms with Crippen molar-refractivity contribution in [1.82, 2.24) is 0 Å². The Bertz CT molecular complexity index is 653. The number of hydrazone groups is 1. The number of nitro benzene ring substituents is 2. The summed E-state index contributed by atoms with van der Waals surface area (Å²) < 4.78 is 73.4. The minimum Gasteiger partial charge on any atom is -0.271 e. The molecular formula is C9H4F6N4O4. The number of hydrogen-bond acceptors (Lipinski definition) is 6. The molecule has 0 amide bonds.